The molecule has 1 aromatic heterocycles. The number of carbonyl (C=O) groups excluding carboxylic acids is 2. The zero-order valence-electron chi connectivity index (χ0n) is 9.12. The van der Waals surface area contributed by atoms with Gasteiger partial charge in [0.05, 0.1) is 15.2 Å². The van der Waals surface area contributed by atoms with E-state index in [9.17, 15) is 9.59 Å². The molecule has 2 amide bonds. The van der Waals surface area contributed by atoms with Crippen molar-refractivity contribution in [3.8, 4) is 0 Å². The van der Waals surface area contributed by atoms with Gasteiger partial charge < -0.3 is 10.2 Å². The molecule has 0 atom stereocenters. The molecule has 0 unspecified atom stereocenters. The minimum Gasteiger partial charge on any atom is -0.355 e. The lowest BCUT2D eigenvalue weighted by Crippen LogP contribution is -2.37. The molecule has 1 N–H and O–H groups in total. The van der Waals surface area contributed by atoms with Gasteiger partial charge in [0.1, 0.15) is 0 Å². The molecule has 0 aliphatic heterocycles. The van der Waals surface area contributed by atoms with Crippen LogP contribution in [-0.2, 0) is 4.79 Å². The fourth-order valence-electron chi connectivity index (χ4n) is 1.16. The maximum atomic E-state index is 11.8. The quantitative estimate of drug-likeness (QED) is 0.921. The van der Waals surface area contributed by atoms with Crippen LogP contribution in [0.4, 0.5) is 0 Å². The summed E-state index contributed by atoms with van der Waals surface area (Å²) in [5.74, 6) is -0.282. The van der Waals surface area contributed by atoms with Crippen molar-refractivity contribution < 1.29 is 9.59 Å². The minimum absolute atomic E-state index is 0.0855. The third-order valence-electron chi connectivity index (χ3n) is 1.89. The standard InChI is InChI=1S/C10H13BrN2O2S/c1-3-12-9(14)6-13(2)10(15)7-4-5-8(11)16-7/h4-5H,3,6H2,1-2H3,(H,12,14). The van der Waals surface area contributed by atoms with E-state index < -0.39 is 0 Å². The molecule has 1 heterocycles. The predicted molar refractivity (Wildman–Crippen MR) is 67.7 cm³/mol. The molecule has 0 spiro atoms. The highest BCUT2D eigenvalue weighted by atomic mass is 79.9. The average Bonchev–Trinajstić information content (AvgIpc) is 2.64. The van der Waals surface area contributed by atoms with Crippen LogP contribution in [0.3, 0.4) is 0 Å². The van der Waals surface area contributed by atoms with E-state index in [0.29, 0.717) is 11.4 Å². The molecule has 0 aliphatic rings. The van der Waals surface area contributed by atoms with Crippen molar-refractivity contribution in [2.24, 2.45) is 0 Å². The summed E-state index contributed by atoms with van der Waals surface area (Å²) in [4.78, 5) is 25.1. The van der Waals surface area contributed by atoms with Gasteiger partial charge in [0.15, 0.2) is 0 Å². The number of amides is 2. The number of carbonyl (C=O) groups is 2. The molecule has 0 bridgehead atoms. The largest absolute Gasteiger partial charge is 0.355 e. The van der Waals surface area contributed by atoms with Crippen molar-refractivity contribution in [2.45, 2.75) is 6.92 Å². The monoisotopic (exact) mass is 304 g/mol. The highest BCUT2D eigenvalue weighted by Crippen LogP contribution is 2.22. The number of hydrogen-bond donors (Lipinski definition) is 1. The summed E-state index contributed by atoms with van der Waals surface area (Å²) < 4.78 is 0.905. The van der Waals surface area contributed by atoms with Crippen LogP contribution in [-0.4, -0.2) is 36.9 Å². The Labute approximate surface area is 107 Å². The zero-order valence-corrected chi connectivity index (χ0v) is 11.5. The van der Waals surface area contributed by atoms with Gasteiger partial charge in [0, 0.05) is 13.6 Å². The highest BCUT2D eigenvalue weighted by Gasteiger charge is 2.15. The number of nitrogens with one attached hydrogen (secondary N) is 1. The molecular formula is C10H13BrN2O2S. The van der Waals surface area contributed by atoms with E-state index in [-0.39, 0.29) is 18.4 Å². The van der Waals surface area contributed by atoms with Crippen molar-refractivity contribution in [3.63, 3.8) is 0 Å². The summed E-state index contributed by atoms with van der Waals surface area (Å²) in [6.45, 7) is 2.50. The lowest BCUT2D eigenvalue weighted by molar-refractivity contribution is -0.121. The number of rotatable bonds is 4. The summed E-state index contributed by atoms with van der Waals surface area (Å²) in [5, 5.41) is 2.65. The van der Waals surface area contributed by atoms with Crippen molar-refractivity contribution in [2.75, 3.05) is 20.1 Å². The van der Waals surface area contributed by atoms with Gasteiger partial charge in [-0.05, 0) is 35.0 Å². The Kier molecular flexibility index (Phi) is 4.95. The second kappa shape index (κ2) is 6.00. The topological polar surface area (TPSA) is 49.4 Å². The van der Waals surface area contributed by atoms with Crippen molar-refractivity contribution >= 4 is 39.1 Å². The van der Waals surface area contributed by atoms with Crippen LogP contribution in [0.1, 0.15) is 16.6 Å². The Morgan fingerprint density at radius 3 is 2.69 bits per heavy atom. The molecule has 1 aromatic rings. The van der Waals surface area contributed by atoms with Crippen LogP contribution in [0, 0.1) is 0 Å². The number of hydrogen-bond acceptors (Lipinski definition) is 3. The third kappa shape index (κ3) is 3.61. The van der Waals surface area contributed by atoms with Crippen LogP contribution in [0.5, 0.6) is 0 Å². The Hall–Kier alpha value is -0.880. The molecule has 4 nitrogen and oxygen atoms in total. The van der Waals surface area contributed by atoms with Gasteiger partial charge in [-0.3, -0.25) is 9.59 Å². The number of likely N-dealkylation sites (N-methyl/N-ethyl adjacent to an activating group) is 2. The van der Waals surface area contributed by atoms with E-state index in [2.05, 4.69) is 21.2 Å². The van der Waals surface area contributed by atoms with Crippen molar-refractivity contribution in [1.29, 1.82) is 0 Å². The van der Waals surface area contributed by atoms with Gasteiger partial charge in [-0.15, -0.1) is 11.3 Å². The molecule has 0 saturated carbocycles. The first-order valence-corrected chi connectivity index (χ1v) is 6.43. The summed E-state index contributed by atoms with van der Waals surface area (Å²) in [7, 11) is 1.62. The smallest absolute Gasteiger partial charge is 0.264 e. The first-order valence-electron chi connectivity index (χ1n) is 4.82. The Balaban J connectivity index is 2.57. The second-order valence-corrected chi connectivity index (χ2v) is 5.68. The fourth-order valence-corrected chi connectivity index (χ4v) is 2.54. The van der Waals surface area contributed by atoms with Crippen LogP contribution in [0.25, 0.3) is 0 Å². The minimum atomic E-state index is -0.144. The molecule has 16 heavy (non-hydrogen) atoms. The van der Waals surface area contributed by atoms with Crippen molar-refractivity contribution in [3.05, 3.63) is 20.8 Å². The lowest BCUT2D eigenvalue weighted by atomic mass is 10.4. The normalized spacial score (nSPS) is 9.94. The molecule has 0 aliphatic carbocycles. The Morgan fingerprint density at radius 2 is 2.19 bits per heavy atom. The first kappa shape index (κ1) is 13.2. The van der Waals surface area contributed by atoms with Gasteiger partial charge in [-0.25, -0.2) is 0 Å². The van der Waals surface area contributed by atoms with Gasteiger partial charge in [-0.1, -0.05) is 0 Å². The van der Waals surface area contributed by atoms with E-state index >= 15 is 0 Å². The van der Waals surface area contributed by atoms with Gasteiger partial charge in [0.2, 0.25) is 5.91 Å². The maximum Gasteiger partial charge on any atom is 0.264 e. The molecule has 0 aromatic carbocycles. The first-order chi connectivity index (χ1) is 7.54. The van der Waals surface area contributed by atoms with Gasteiger partial charge in [-0.2, -0.15) is 0 Å². The van der Waals surface area contributed by atoms with Gasteiger partial charge >= 0.3 is 0 Å². The van der Waals surface area contributed by atoms with Crippen molar-refractivity contribution in [1.82, 2.24) is 10.2 Å². The second-order valence-electron chi connectivity index (χ2n) is 3.22. The van der Waals surface area contributed by atoms with Crippen LogP contribution < -0.4 is 5.32 Å². The van der Waals surface area contributed by atoms with E-state index in [1.54, 1.807) is 13.1 Å². The molecule has 0 radical (unpaired) electrons. The number of nitrogens with zero attached hydrogens (tertiary/aromatic N) is 1. The molecule has 0 fully saturated rings. The van der Waals surface area contributed by atoms with E-state index in [1.807, 2.05) is 13.0 Å². The van der Waals surface area contributed by atoms with Crippen LogP contribution >= 0.6 is 27.3 Å². The van der Waals surface area contributed by atoms with E-state index in [0.717, 1.165) is 3.79 Å². The fraction of sp³-hybridized carbons (Fsp3) is 0.400. The molecule has 1 rings (SSSR count). The highest BCUT2D eigenvalue weighted by molar-refractivity contribution is 9.11. The Morgan fingerprint density at radius 1 is 1.50 bits per heavy atom. The zero-order chi connectivity index (χ0) is 12.1. The summed E-state index contributed by atoms with van der Waals surface area (Å²) in [6, 6.07) is 3.56. The number of thiophene rings is 1. The molecule has 0 saturated heterocycles. The molecule has 6 heteroatoms. The van der Waals surface area contributed by atoms with Crippen LogP contribution in [0.2, 0.25) is 0 Å². The lowest BCUT2D eigenvalue weighted by Gasteiger charge is -2.15. The van der Waals surface area contributed by atoms with Gasteiger partial charge in [0.25, 0.3) is 5.91 Å². The van der Waals surface area contributed by atoms with E-state index in [4.69, 9.17) is 0 Å². The maximum absolute atomic E-state index is 11.8. The number of halogens is 1. The summed E-state index contributed by atoms with van der Waals surface area (Å²) >= 11 is 4.65. The average molecular weight is 305 g/mol. The van der Waals surface area contributed by atoms with Crippen LogP contribution in [0.15, 0.2) is 15.9 Å². The molecular weight excluding hydrogens is 292 g/mol. The van der Waals surface area contributed by atoms with E-state index in [1.165, 1.54) is 16.2 Å². The Bertz CT molecular complexity index is 392. The SMILES string of the molecule is CCNC(=O)CN(C)C(=O)c1ccc(Br)s1. The predicted octanol–water partition coefficient (Wildman–Crippen LogP) is 1.72. The summed E-state index contributed by atoms with van der Waals surface area (Å²) in [6.07, 6.45) is 0. The molecule has 88 valence electrons. The third-order valence-corrected chi connectivity index (χ3v) is 3.50. The summed E-state index contributed by atoms with van der Waals surface area (Å²) in [5.41, 5.74) is 0.